The fourth-order valence-electron chi connectivity index (χ4n) is 2.32. The molecule has 2 rings (SSSR count). The van der Waals surface area contributed by atoms with Crippen LogP contribution in [0.4, 0.5) is 4.39 Å². The van der Waals surface area contributed by atoms with E-state index in [2.05, 4.69) is 12.2 Å². The lowest BCUT2D eigenvalue weighted by molar-refractivity contribution is 0.442. The maximum absolute atomic E-state index is 13.7. The average Bonchev–Trinajstić information content (AvgIpc) is 3.13. The molecule has 3 heteroatoms. The Morgan fingerprint density at radius 3 is 2.88 bits per heavy atom. The lowest BCUT2D eigenvalue weighted by Crippen LogP contribution is -2.31. The molecule has 1 nitrogen and oxygen atoms in total. The van der Waals surface area contributed by atoms with Crippen LogP contribution in [0.25, 0.3) is 0 Å². The van der Waals surface area contributed by atoms with Crippen molar-refractivity contribution >= 4 is 11.6 Å². The molecule has 0 amide bonds. The van der Waals surface area contributed by atoms with Crippen molar-refractivity contribution in [3.8, 4) is 0 Å². The number of rotatable bonds is 6. The lowest BCUT2D eigenvalue weighted by Gasteiger charge is -2.17. The van der Waals surface area contributed by atoms with Gasteiger partial charge in [-0.25, -0.2) is 4.39 Å². The van der Waals surface area contributed by atoms with Gasteiger partial charge in [0.25, 0.3) is 0 Å². The van der Waals surface area contributed by atoms with Crippen molar-refractivity contribution in [3.05, 3.63) is 34.6 Å². The summed E-state index contributed by atoms with van der Waals surface area (Å²) in [4.78, 5) is 0. The van der Waals surface area contributed by atoms with Gasteiger partial charge in [-0.05, 0) is 49.8 Å². The highest BCUT2D eigenvalue weighted by molar-refractivity contribution is 6.30. The zero-order chi connectivity index (χ0) is 12.3. The Morgan fingerprint density at radius 1 is 1.47 bits per heavy atom. The van der Waals surface area contributed by atoms with Crippen LogP contribution in [0.3, 0.4) is 0 Å². The minimum atomic E-state index is -0.250. The Morgan fingerprint density at radius 2 is 2.24 bits per heavy atom. The number of halogens is 2. The molecule has 0 saturated heterocycles. The zero-order valence-corrected chi connectivity index (χ0v) is 10.9. The molecule has 1 fully saturated rings. The molecule has 1 N–H and O–H groups in total. The van der Waals surface area contributed by atoms with Crippen LogP contribution in [-0.2, 0) is 6.42 Å². The van der Waals surface area contributed by atoms with E-state index in [0.717, 1.165) is 30.9 Å². The second-order valence-corrected chi connectivity index (χ2v) is 5.16. The lowest BCUT2D eigenvalue weighted by atomic mass is 10.0. The summed E-state index contributed by atoms with van der Waals surface area (Å²) in [6.45, 7) is 3.11. The Bertz CT molecular complexity index is 376. The maximum Gasteiger partial charge on any atom is 0.144 e. The predicted octanol–water partition coefficient (Wildman–Crippen LogP) is 3.80. The third-order valence-electron chi connectivity index (χ3n) is 3.41. The van der Waals surface area contributed by atoms with Crippen molar-refractivity contribution in [1.82, 2.24) is 5.32 Å². The standard InChI is InChI=1S/C14H19ClFN/c1-2-17-13(10-6-7-10)9-8-11-4-3-5-12(15)14(11)16/h3-5,10,13,17H,2,6-9H2,1H3. The number of hydrogen-bond donors (Lipinski definition) is 1. The zero-order valence-electron chi connectivity index (χ0n) is 10.2. The Kier molecular flexibility index (Phi) is 4.41. The van der Waals surface area contributed by atoms with Gasteiger partial charge in [0.1, 0.15) is 5.82 Å². The first kappa shape index (κ1) is 12.8. The van der Waals surface area contributed by atoms with E-state index in [-0.39, 0.29) is 10.8 Å². The quantitative estimate of drug-likeness (QED) is 0.815. The molecule has 1 aliphatic carbocycles. The Hall–Kier alpha value is -0.600. The third kappa shape index (κ3) is 3.43. The number of aryl methyl sites for hydroxylation is 1. The molecule has 1 aliphatic rings. The number of nitrogens with one attached hydrogen (secondary N) is 1. The van der Waals surface area contributed by atoms with Crippen molar-refractivity contribution in [3.63, 3.8) is 0 Å². The first-order chi connectivity index (χ1) is 8.22. The highest BCUT2D eigenvalue weighted by atomic mass is 35.5. The van der Waals surface area contributed by atoms with E-state index < -0.39 is 0 Å². The SMILES string of the molecule is CCNC(CCc1cccc(Cl)c1F)C1CC1. The largest absolute Gasteiger partial charge is 0.314 e. The average molecular weight is 256 g/mol. The molecule has 1 saturated carbocycles. The van der Waals surface area contributed by atoms with E-state index in [1.54, 1.807) is 6.07 Å². The third-order valence-corrected chi connectivity index (χ3v) is 3.71. The minimum Gasteiger partial charge on any atom is -0.314 e. The van der Waals surface area contributed by atoms with Crippen LogP contribution in [-0.4, -0.2) is 12.6 Å². The topological polar surface area (TPSA) is 12.0 Å². The van der Waals surface area contributed by atoms with Crippen LogP contribution >= 0.6 is 11.6 Å². The highest BCUT2D eigenvalue weighted by Gasteiger charge is 2.30. The summed E-state index contributed by atoms with van der Waals surface area (Å²) in [6.07, 6.45) is 4.39. The van der Waals surface area contributed by atoms with Crippen LogP contribution in [0.2, 0.25) is 5.02 Å². The molecule has 0 spiro atoms. The molecular weight excluding hydrogens is 237 g/mol. The van der Waals surface area contributed by atoms with E-state index in [0.29, 0.717) is 6.04 Å². The number of hydrogen-bond acceptors (Lipinski definition) is 1. The van der Waals surface area contributed by atoms with Gasteiger partial charge in [-0.15, -0.1) is 0 Å². The van der Waals surface area contributed by atoms with Crippen LogP contribution < -0.4 is 5.32 Å². The van der Waals surface area contributed by atoms with E-state index >= 15 is 0 Å². The molecule has 0 aromatic heterocycles. The summed E-state index contributed by atoms with van der Waals surface area (Å²) < 4.78 is 13.7. The molecule has 0 radical (unpaired) electrons. The number of benzene rings is 1. The van der Waals surface area contributed by atoms with E-state index in [9.17, 15) is 4.39 Å². The summed E-state index contributed by atoms with van der Waals surface area (Å²) in [6, 6.07) is 5.79. The van der Waals surface area contributed by atoms with Gasteiger partial charge in [-0.2, -0.15) is 0 Å². The van der Waals surface area contributed by atoms with Crippen LogP contribution in [0, 0.1) is 11.7 Å². The summed E-state index contributed by atoms with van der Waals surface area (Å²) in [5.74, 6) is 0.553. The molecule has 0 aliphatic heterocycles. The molecular formula is C14H19ClFN. The van der Waals surface area contributed by atoms with Crippen molar-refractivity contribution in [2.75, 3.05) is 6.54 Å². The molecule has 1 aromatic carbocycles. The molecule has 1 atom stereocenters. The van der Waals surface area contributed by atoms with Gasteiger partial charge in [0.05, 0.1) is 5.02 Å². The Labute approximate surface area is 107 Å². The minimum absolute atomic E-state index is 0.230. The van der Waals surface area contributed by atoms with Gasteiger partial charge >= 0.3 is 0 Å². The van der Waals surface area contributed by atoms with Crippen molar-refractivity contribution in [2.45, 2.75) is 38.6 Å². The summed E-state index contributed by atoms with van der Waals surface area (Å²) in [5, 5.41) is 3.72. The van der Waals surface area contributed by atoms with Gasteiger partial charge in [-0.1, -0.05) is 30.7 Å². The molecule has 1 unspecified atom stereocenters. The monoisotopic (exact) mass is 255 g/mol. The first-order valence-electron chi connectivity index (χ1n) is 6.38. The van der Waals surface area contributed by atoms with Crippen molar-refractivity contribution in [2.24, 2.45) is 5.92 Å². The van der Waals surface area contributed by atoms with Crippen molar-refractivity contribution in [1.29, 1.82) is 0 Å². The Balaban J connectivity index is 1.93. The van der Waals surface area contributed by atoms with E-state index in [1.807, 2.05) is 12.1 Å². The second kappa shape index (κ2) is 5.83. The second-order valence-electron chi connectivity index (χ2n) is 4.75. The van der Waals surface area contributed by atoms with Gasteiger partial charge < -0.3 is 5.32 Å². The predicted molar refractivity (Wildman–Crippen MR) is 69.9 cm³/mol. The fraction of sp³-hybridized carbons (Fsp3) is 0.571. The molecule has 0 bridgehead atoms. The van der Waals surface area contributed by atoms with Crippen LogP contribution in [0.15, 0.2) is 18.2 Å². The summed E-state index contributed by atoms with van der Waals surface area (Å²) in [5.41, 5.74) is 0.737. The van der Waals surface area contributed by atoms with Crippen LogP contribution in [0.1, 0.15) is 31.7 Å². The van der Waals surface area contributed by atoms with Gasteiger partial charge in [0.2, 0.25) is 0 Å². The van der Waals surface area contributed by atoms with Crippen LogP contribution in [0.5, 0.6) is 0 Å². The van der Waals surface area contributed by atoms with E-state index in [1.165, 1.54) is 12.8 Å². The van der Waals surface area contributed by atoms with Gasteiger partial charge in [0, 0.05) is 6.04 Å². The fourth-order valence-corrected chi connectivity index (χ4v) is 2.51. The van der Waals surface area contributed by atoms with Gasteiger partial charge in [-0.3, -0.25) is 0 Å². The molecule has 94 valence electrons. The summed E-state index contributed by atoms with van der Waals surface area (Å²) in [7, 11) is 0. The smallest absolute Gasteiger partial charge is 0.144 e. The highest BCUT2D eigenvalue weighted by Crippen LogP contribution is 2.34. The maximum atomic E-state index is 13.7. The molecule has 17 heavy (non-hydrogen) atoms. The van der Waals surface area contributed by atoms with Crippen molar-refractivity contribution < 1.29 is 4.39 Å². The molecule has 1 aromatic rings. The van der Waals surface area contributed by atoms with E-state index in [4.69, 9.17) is 11.6 Å². The normalized spacial score (nSPS) is 17.1. The summed E-state index contributed by atoms with van der Waals surface area (Å²) >= 11 is 5.77. The van der Waals surface area contributed by atoms with Gasteiger partial charge in [0.15, 0.2) is 0 Å². The first-order valence-corrected chi connectivity index (χ1v) is 6.76. The molecule has 0 heterocycles.